The molecule has 0 unspecified atom stereocenters. The van der Waals surface area contributed by atoms with Crippen LogP contribution in [0.4, 0.5) is 4.39 Å². The van der Waals surface area contributed by atoms with Crippen molar-refractivity contribution in [1.82, 2.24) is 14.6 Å². The number of halogens is 1. The van der Waals surface area contributed by atoms with Crippen molar-refractivity contribution in [2.45, 2.75) is 44.7 Å². The number of carbonyl (C=O) groups is 2. The molecule has 2 amide bonds. The van der Waals surface area contributed by atoms with E-state index in [2.05, 4.69) is 10.4 Å². The molecule has 8 nitrogen and oxygen atoms in total. The molecule has 1 heterocycles. The Labute approximate surface area is 193 Å². The summed E-state index contributed by atoms with van der Waals surface area (Å²) < 4.78 is 39.6. The lowest BCUT2D eigenvalue weighted by Crippen LogP contribution is -2.38. The molecule has 176 valence electrons. The van der Waals surface area contributed by atoms with Gasteiger partial charge >= 0.3 is 0 Å². The Morgan fingerprint density at radius 1 is 1.03 bits per heavy atom. The predicted octanol–water partition coefficient (Wildman–Crippen LogP) is 2.65. The van der Waals surface area contributed by atoms with Crippen LogP contribution in [-0.4, -0.2) is 48.3 Å². The van der Waals surface area contributed by atoms with Gasteiger partial charge in [0.15, 0.2) is 0 Å². The van der Waals surface area contributed by atoms with Gasteiger partial charge in [-0.2, -0.15) is 9.41 Å². The maximum absolute atomic E-state index is 13.1. The molecule has 0 saturated carbocycles. The minimum Gasteiger partial charge on any atom is -0.347 e. The number of amides is 2. The van der Waals surface area contributed by atoms with E-state index in [1.54, 1.807) is 38.1 Å². The second kappa shape index (κ2) is 10.7. The van der Waals surface area contributed by atoms with Crippen LogP contribution in [0.1, 0.15) is 37.8 Å². The third-order valence-electron chi connectivity index (χ3n) is 5.33. The summed E-state index contributed by atoms with van der Waals surface area (Å²) in [5.74, 6) is -0.974. The second-order valence-electron chi connectivity index (χ2n) is 7.54. The molecule has 10 heteroatoms. The number of carbonyl (C=O) groups excluding carboxylic acids is 2. The van der Waals surface area contributed by atoms with Gasteiger partial charge in [-0.3, -0.25) is 9.59 Å². The van der Waals surface area contributed by atoms with Gasteiger partial charge in [0.05, 0.1) is 11.4 Å². The first kappa shape index (κ1) is 24.5. The number of nitrogens with one attached hydrogen (secondary N) is 1. The molecule has 0 saturated heterocycles. The summed E-state index contributed by atoms with van der Waals surface area (Å²) in [6, 6.07) is 12.1. The Morgan fingerprint density at radius 3 is 2.24 bits per heavy atom. The van der Waals surface area contributed by atoms with Gasteiger partial charge in [-0.05, 0) is 35.4 Å². The van der Waals surface area contributed by atoms with Crippen LogP contribution in [0.3, 0.4) is 0 Å². The maximum Gasteiger partial charge on any atom is 0.267 e. The Kier molecular flexibility index (Phi) is 7.93. The fourth-order valence-corrected chi connectivity index (χ4v) is 4.89. The molecule has 1 N–H and O–H groups in total. The van der Waals surface area contributed by atoms with Gasteiger partial charge in [-0.25, -0.2) is 17.8 Å². The van der Waals surface area contributed by atoms with Gasteiger partial charge < -0.3 is 5.32 Å². The summed E-state index contributed by atoms with van der Waals surface area (Å²) >= 11 is 0. The molecule has 1 aliphatic rings. The number of rotatable bonds is 9. The van der Waals surface area contributed by atoms with E-state index in [9.17, 15) is 22.4 Å². The monoisotopic (exact) mass is 474 g/mol. The quantitative estimate of drug-likeness (QED) is 0.604. The van der Waals surface area contributed by atoms with Crippen LogP contribution in [0.5, 0.6) is 0 Å². The summed E-state index contributed by atoms with van der Waals surface area (Å²) in [6.45, 7) is 4.69. The van der Waals surface area contributed by atoms with E-state index in [1.165, 1.54) is 33.6 Å². The molecule has 0 bridgehead atoms. The lowest BCUT2D eigenvalue weighted by atomic mass is 10.1. The molecule has 0 spiro atoms. The number of hydrogen-bond donors (Lipinski definition) is 1. The van der Waals surface area contributed by atoms with E-state index < -0.39 is 15.9 Å². The fraction of sp³-hybridized carbons (Fsp3) is 0.348. The molecular weight excluding hydrogens is 447 g/mol. The molecule has 2 aromatic rings. The molecule has 33 heavy (non-hydrogen) atoms. The van der Waals surface area contributed by atoms with Crippen LogP contribution in [0.15, 0.2) is 58.5 Å². The molecule has 0 aromatic heterocycles. The number of hydrazone groups is 1. The summed E-state index contributed by atoms with van der Waals surface area (Å²) in [5.41, 5.74) is 1.67. The number of nitrogens with zero attached hydrogens (tertiary/aromatic N) is 3. The normalized spacial score (nSPS) is 14.4. The summed E-state index contributed by atoms with van der Waals surface area (Å²) in [4.78, 5) is 25.0. The van der Waals surface area contributed by atoms with Crippen molar-refractivity contribution >= 4 is 27.5 Å². The van der Waals surface area contributed by atoms with E-state index >= 15 is 0 Å². The average molecular weight is 475 g/mol. The maximum atomic E-state index is 13.1. The minimum atomic E-state index is -3.54. The standard InChI is InChI=1S/C23H27FN4O4S/c1-3-27(4-2)33(31,32)20-11-7-17(8-12-20)15-25-23(30)21-13-14-22(29)28(26-21)16-18-5-9-19(24)10-6-18/h5-12H,3-4,13-16H2,1-2H3,(H,25,30). The highest BCUT2D eigenvalue weighted by molar-refractivity contribution is 7.89. The van der Waals surface area contributed by atoms with E-state index in [1.807, 2.05) is 0 Å². The van der Waals surface area contributed by atoms with Crippen molar-refractivity contribution in [1.29, 1.82) is 0 Å². The van der Waals surface area contributed by atoms with Crippen LogP contribution in [0.2, 0.25) is 0 Å². The Hall–Kier alpha value is -3.11. The van der Waals surface area contributed by atoms with Crippen molar-refractivity contribution in [2.24, 2.45) is 5.10 Å². The van der Waals surface area contributed by atoms with Crippen molar-refractivity contribution in [3.63, 3.8) is 0 Å². The first-order valence-corrected chi connectivity index (χ1v) is 12.2. The molecule has 1 aliphatic heterocycles. The van der Waals surface area contributed by atoms with Gasteiger partial charge in [0.1, 0.15) is 11.5 Å². The van der Waals surface area contributed by atoms with Crippen LogP contribution in [0.25, 0.3) is 0 Å². The largest absolute Gasteiger partial charge is 0.347 e. The Morgan fingerprint density at radius 2 is 1.64 bits per heavy atom. The lowest BCUT2D eigenvalue weighted by Gasteiger charge is -2.23. The molecule has 0 fully saturated rings. The molecule has 0 atom stereocenters. The minimum absolute atomic E-state index is 0.151. The number of hydrogen-bond acceptors (Lipinski definition) is 5. The SMILES string of the molecule is CCN(CC)S(=O)(=O)c1ccc(CNC(=O)C2=NN(Cc3ccc(F)cc3)C(=O)CC2)cc1. The van der Waals surface area contributed by atoms with Crippen molar-refractivity contribution < 1.29 is 22.4 Å². The first-order valence-electron chi connectivity index (χ1n) is 10.7. The Bertz CT molecular complexity index is 1130. The van der Waals surface area contributed by atoms with Gasteiger partial charge in [-0.15, -0.1) is 0 Å². The van der Waals surface area contributed by atoms with Crippen molar-refractivity contribution in [2.75, 3.05) is 13.1 Å². The first-order chi connectivity index (χ1) is 15.7. The lowest BCUT2D eigenvalue weighted by molar-refractivity contribution is -0.132. The number of sulfonamides is 1. The molecule has 0 aliphatic carbocycles. The summed E-state index contributed by atoms with van der Waals surface area (Å²) in [7, 11) is -3.54. The zero-order valence-electron chi connectivity index (χ0n) is 18.6. The van der Waals surface area contributed by atoms with E-state index in [4.69, 9.17) is 0 Å². The highest BCUT2D eigenvalue weighted by atomic mass is 32.2. The third-order valence-corrected chi connectivity index (χ3v) is 7.40. The molecule has 3 rings (SSSR count). The van der Waals surface area contributed by atoms with Gasteiger partial charge in [0, 0.05) is 32.5 Å². The zero-order chi connectivity index (χ0) is 24.0. The smallest absolute Gasteiger partial charge is 0.267 e. The van der Waals surface area contributed by atoms with Crippen LogP contribution < -0.4 is 5.32 Å². The zero-order valence-corrected chi connectivity index (χ0v) is 19.4. The van der Waals surface area contributed by atoms with Crippen molar-refractivity contribution in [3.8, 4) is 0 Å². The van der Waals surface area contributed by atoms with Crippen molar-refractivity contribution in [3.05, 3.63) is 65.5 Å². The summed E-state index contributed by atoms with van der Waals surface area (Å²) in [5, 5.41) is 8.17. The fourth-order valence-electron chi connectivity index (χ4n) is 3.43. The average Bonchev–Trinajstić information content (AvgIpc) is 2.81. The summed E-state index contributed by atoms with van der Waals surface area (Å²) in [6.07, 6.45) is 0.386. The van der Waals surface area contributed by atoms with E-state index in [0.717, 1.165) is 5.56 Å². The van der Waals surface area contributed by atoms with E-state index in [-0.39, 0.29) is 48.3 Å². The highest BCUT2D eigenvalue weighted by Crippen LogP contribution is 2.17. The van der Waals surface area contributed by atoms with Crippen LogP contribution in [-0.2, 0) is 32.7 Å². The molecular formula is C23H27FN4O4S. The predicted molar refractivity (Wildman–Crippen MR) is 122 cm³/mol. The third kappa shape index (κ3) is 6.02. The number of benzene rings is 2. The van der Waals surface area contributed by atoms with Crippen LogP contribution in [0, 0.1) is 5.82 Å². The molecule has 2 aromatic carbocycles. The Balaban J connectivity index is 1.62. The molecule has 0 radical (unpaired) electrons. The van der Waals surface area contributed by atoms with Gasteiger partial charge in [-0.1, -0.05) is 38.1 Å². The van der Waals surface area contributed by atoms with Crippen LogP contribution >= 0.6 is 0 Å². The highest BCUT2D eigenvalue weighted by Gasteiger charge is 2.25. The topological polar surface area (TPSA) is 99.2 Å². The van der Waals surface area contributed by atoms with Gasteiger partial charge in [0.25, 0.3) is 5.91 Å². The second-order valence-corrected chi connectivity index (χ2v) is 9.48. The van der Waals surface area contributed by atoms with E-state index in [0.29, 0.717) is 18.7 Å². The van der Waals surface area contributed by atoms with Gasteiger partial charge in [0.2, 0.25) is 15.9 Å².